The van der Waals surface area contributed by atoms with Crippen molar-refractivity contribution in [3.05, 3.63) is 63.9 Å². The molecule has 0 aliphatic carbocycles. The van der Waals surface area contributed by atoms with Gasteiger partial charge < -0.3 is 15.0 Å². The van der Waals surface area contributed by atoms with Gasteiger partial charge in [0.25, 0.3) is 5.91 Å². The lowest BCUT2D eigenvalue weighted by Gasteiger charge is -2.31. The summed E-state index contributed by atoms with van der Waals surface area (Å²) in [4.78, 5) is 27.2. The number of nitrogens with zero attached hydrogens (tertiary/aromatic N) is 1. The lowest BCUT2D eigenvalue weighted by Crippen LogP contribution is -2.53. The molecule has 0 aromatic heterocycles. The van der Waals surface area contributed by atoms with Crippen molar-refractivity contribution in [1.29, 1.82) is 0 Å². The summed E-state index contributed by atoms with van der Waals surface area (Å²) in [6, 6.07) is 10.9. The Hall–Kier alpha value is -2.41. The van der Waals surface area contributed by atoms with E-state index in [1.54, 1.807) is 19.1 Å². The summed E-state index contributed by atoms with van der Waals surface area (Å²) in [7, 11) is 0. The first-order valence-electron chi connectivity index (χ1n) is 10.3. The van der Waals surface area contributed by atoms with E-state index < -0.39 is 11.6 Å². The van der Waals surface area contributed by atoms with Crippen molar-refractivity contribution in [2.75, 3.05) is 6.61 Å². The number of benzene rings is 2. The largest absolute Gasteiger partial charge is 0.483 e. The number of rotatable bonds is 8. The minimum absolute atomic E-state index is 0.164. The Morgan fingerprint density at radius 3 is 2.29 bits per heavy atom. The molecule has 0 spiro atoms. The van der Waals surface area contributed by atoms with Crippen LogP contribution < -0.4 is 10.1 Å². The number of halogens is 2. The maximum Gasteiger partial charge on any atom is 0.261 e. The van der Waals surface area contributed by atoms with E-state index in [1.165, 1.54) is 17.0 Å². The number of amides is 2. The summed E-state index contributed by atoms with van der Waals surface area (Å²) in [6.45, 7) is 9.31. The Labute approximate surface area is 192 Å². The number of aryl methyl sites for hydroxylation is 1. The molecule has 0 aliphatic rings. The summed E-state index contributed by atoms with van der Waals surface area (Å²) in [6.07, 6.45) is 0.893. The molecule has 0 saturated carbocycles. The van der Waals surface area contributed by atoms with Crippen molar-refractivity contribution < 1.29 is 18.7 Å². The molecule has 7 heteroatoms. The maximum absolute atomic E-state index is 13.3. The molecule has 168 valence electrons. The normalized spacial score (nSPS) is 12.2. The Morgan fingerprint density at radius 2 is 1.74 bits per heavy atom. The molecule has 0 heterocycles. The van der Waals surface area contributed by atoms with E-state index in [2.05, 4.69) is 28.2 Å². The zero-order chi connectivity index (χ0) is 23.2. The molecular formula is C24H30BrFN2O3. The topological polar surface area (TPSA) is 58.6 Å². The van der Waals surface area contributed by atoms with Crippen molar-refractivity contribution in [2.45, 2.75) is 59.2 Å². The van der Waals surface area contributed by atoms with Gasteiger partial charge in [-0.15, -0.1) is 0 Å². The first kappa shape index (κ1) is 24.9. The van der Waals surface area contributed by atoms with E-state index in [1.807, 2.05) is 39.0 Å². The second-order valence-corrected chi connectivity index (χ2v) is 9.32. The van der Waals surface area contributed by atoms with Gasteiger partial charge in [-0.1, -0.05) is 25.1 Å². The number of nitrogens with one attached hydrogen (secondary N) is 1. The van der Waals surface area contributed by atoms with Crippen LogP contribution in [-0.2, 0) is 22.6 Å². The van der Waals surface area contributed by atoms with E-state index in [4.69, 9.17) is 4.74 Å². The van der Waals surface area contributed by atoms with Crippen LogP contribution in [0.15, 0.2) is 46.9 Å². The monoisotopic (exact) mass is 492 g/mol. The first-order valence-corrected chi connectivity index (χ1v) is 11.1. The number of carbonyl (C=O) groups excluding carboxylic acids is 2. The summed E-state index contributed by atoms with van der Waals surface area (Å²) in [5.41, 5.74) is 1.44. The van der Waals surface area contributed by atoms with Crippen LogP contribution in [0.3, 0.4) is 0 Å². The fourth-order valence-electron chi connectivity index (χ4n) is 2.95. The molecule has 1 N–H and O–H groups in total. The average molecular weight is 493 g/mol. The van der Waals surface area contributed by atoms with Crippen LogP contribution in [0.2, 0.25) is 0 Å². The van der Waals surface area contributed by atoms with Gasteiger partial charge in [0.15, 0.2) is 6.61 Å². The van der Waals surface area contributed by atoms with E-state index >= 15 is 0 Å². The molecule has 1 unspecified atom stereocenters. The smallest absolute Gasteiger partial charge is 0.261 e. The molecule has 0 bridgehead atoms. The molecule has 1 atom stereocenters. The minimum atomic E-state index is -0.730. The molecule has 5 nitrogen and oxygen atoms in total. The summed E-state index contributed by atoms with van der Waals surface area (Å²) in [5.74, 6) is -0.410. The van der Waals surface area contributed by atoms with Gasteiger partial charge in [-0.3, -0.25) is 9.59 Å². The molecular weight excluding hydrogens is 463 g/mol. The number of hydrogen-bond acceptors (Lipinski definition) is 3. The quantitative estimate of drug-likeness (QED) is 0.572. The number of hydrogen-bond donors (Lipinski definition) is 1. The zero-order valence-corrected chi connectivity index (χ0v) is 20.3. The third-order valence-corrected chi connectivity index (χ3v) is 5.31. The average Bonchev–Trinajstić information content (AvgIpc) is 2.70. The number of ether oxygens (including phenoxy) is 1. The lowest BCUT2D eigenvalue weighted by molar-refractivity contribution is -0.142. The molecule has 2 aromatic rings. The van der Waals surface area contributed by atoms with Gasteiger partial charge in [0, 0.05) is 12.1 Å². The van der Waals surface area contributed by atoms with Crippen LogP contribution in [0.25, 0.3) is 0 Å². The van der Waals surface area contributed by atoms with Crippen LogP contribution in [0.4, 0.5) is 4.39 Å². The van der Waals surface area contributed by atoms with Gasteiger partial charge >= 0.3 is 0 Å². The van der Waals surface area contributed by atoms with Crippen molar-refractivity contribution in [3.8, 4) is 5.75 Å². The Morgan fingerprint density at radius 1 is 1.13 bits per heavy atom. The highest BCUT2D eigenvalue weighted by molar-refractivity contribution is 9.10. The van der Waals surface area contributed by atoms with Gasteiger partial charge in [0.05, 0.1) is 4.47 Å². The molecule has 2 aromatic carbocycles. The predicted molar refractivity (Wildman–Crippen MR) is 123 cm³/mol. The van der Waals surface area contributed by atoms with E-state index in [0.29, 0.717) is 5.75 Å². The third-order valence-electron chi connectivity index (χ3n) is 4.69. The van der Waals surface area contributed by atoms with E-state index in [9.17, 15) is 14.0 Å². The maximum atomic E-state index is 13.3. The van der Waals surface area contributed by atoms with E-state index in [-0.39, 0.29) is 30.8 Å². The Bertz CT molecular complexity index is 910. The molecule has 2 rings (SSSR count). The van der Waals surface area contributed by atoms with Crippen LogP contribution in [0, 0.1) is 5.82 Å². The van der Waals surface area contributed by atoms with Gasteiger partial charge in [-0.05, 0) is 85.4 Å². The van der Waals surface area contributed by atoms with Crippen molar-refractivity contribution in [3.63, 3.8) is 0 Å². The van der Waals surface area contributed by atoms with Gasteiger partial charge in [0.2, 0.25) is 5.91 Å². The zero-order valence-electron chi connectivity index (χ0n) is 18.7. The SMILES string of the molecule is CCc1ccc(OCC(=O)N(Cc2ccc(F)cc2)C(C)C(=O)NC(C)(C)C)c(Br)c1. The van der Waals surface area contributed by atoms with Crippen LogP contribution in [-0.4, -0.2) is 34.9 Å². The Balaban J connectivity index is 2.18. The number of carbonyl (C=O) groups is 2. The second kappa shape index (κ2) is 10.8. The van der Waals surface area contributed by atoms with Crippen molar-refractivity contribution in [2.24, 2.45) is 0 Å². The summed E-state index contributed by atoms with van der Waals surface area (Å²) >= 11 is 3.47. The first-order chi connectivity index (χ1) is 14.5. The van der Waals surface area contributed by atoms with Crippen LogP contribution in [0.1, 0.15) is 45.7 Å². The lowest BCUT2D eigenvalue weighted by atomic mass is 10.1. The van der Waals surface area contributed by atoms with Gasteiger partial charge in [-0.2, -0.15) is 0 Å². The van der Waals surface area contributed by atoms with E-state index in [0.717, 1.165) is 22.0 Å². The Kier molecular flexibility index (Phi) is 8.62. The molecule has 0 radical (unpaired) electrons. The second-order valence-electron chi connectivity index (χ2n) is 8.47. The molecule has 0 saturated heterocycles. The van der Waals surface area contributed by atoms with Crippen molar-refractivity contribution in [1.82, 2.24) is 10.2 Å². The van der Waals surface area contributed by atoms with Crippen LogP contribution >= 0.6 is 15.9 Å². The molecule has 0 fully saturated rings. The molecule has 0 aliphatic heterocycles. The van der Waals surface area contributed by atoms with Gasteiger partial charge in [0.1, 0.15) is 17.6 Å². The fraction of sp³-hybridized carbons (Fsp3) is 0.417. The van der Waals surface area contributed by atoms with Gasteiger partial charge in [-0.25, -0.2) is 4.39 Å². The van der Waals surface area contributed by atoms with Crippen molar-refractivity contribution >= 4 is 27.7 Å². The summed E-state index contributed by atoms with van der Waals surface area (Å²) in [5, 5.41) is 2.90. The summed E-state index contributed by atoms with van der Waals surface area (Å²) < 4.78 is 19.8. The minimum Gasteiger partial charge on any atom is -0.483 e. The standard InChI is InChI=1S/C24H30BrFN2O3/c1-6-17-9-12-21(20(25)13-17)31-15-22(29)28(14-18-7-10-19(26)11-8-18)16(2)23(30)27-24(3,4)5/h7-13,16H,6,14-15H2,1-5H3,(H,27,30). The molecule has 31 heavy (non-hydrogen) atoms. The molecule has 2 amide bonds. The highest BCUT2D eigenvalue weighted by Crippen LogP contribution is 2.26. The predicted octanol–water partition coefficient (Wildman–Crippen LogP) is 4.86. The van der Waals surface area contributed by atoms with Crippen LogP contribution in [0.5, 0.6) is 5.75 Å². The highest BCUT2D eigenvalue weighted by atomic mass is 79.9. The third kappa shape index (κ3) is 7.65. The fourth-order valence-corrected chi connectivity index (χ4v) is 3.49. The highest BCUT2D eigenvalue weighted by Gasteiger charge is 2.28.